The standard InChI is InChI=1S/C21H14ClN5O3S2/c1-31-14-5-2-12(3-6-14)10-19-23-24-21-26(19)25-20(32-21)18-9-8-17(30-18)15-7-4-13(22)11-16(15)27(28)29/h2-9,11H,10H2,1H3. The molecule has 0 fully saturated rings. The molecule has 11 heteroatoms. The van der Waals surface area contributed by atoms with E-state index in [1.807, 2.05) is 6.26 Å². The van der Waals surface area contributed by atoms with Crippen LogP contribution in [0.2, 0.25) is 5.02 Å². The average molecular weight is 484 g/mol. The van der Waals surface area contributed by atoms with Gasteiger partial charge in [-0.1, -0.05) is 35.1 Å². The molecule has 0 aliphatic rings. The van der Waals surface area contributed by atoms with Crippen molar-refractivity contribution in [2.75, 3.05) is 6.26 Å². The summed E-state index contributed by atoms with van der Waals surface area (Å²) in [7, 11) is 0. The quantitative estimate of drug-likeness (QED) is 0.166. The molecule has 8 nitrogen and oxygen atoms in total. The Balaban J connectivity index is 1.45. The van der Waals surface area contributed by atoms with Gasteiger partial charge >= 0.3 is 0 Å². The van der Waals surface area contributed by atoms with Gasteiger partial charge in [0.25, 0.3) is 5.69 Å². The number of fused-ring (bicyclic) bond motifs is 1. The first-order valence-electron chi connectivity index (χ1n) is 9.40. The highest BCUT2D eigenvalue weighted by molar-refractivity contribution is 7.98. The highest BCUT2D eigenvalue weighted by atomic mass is 35.5. The molecule has 3 aromatic heterocycles. The Hall–Kier alpha value is -3.21. The van der Waals surface area contributed by atoms with E-state index in [4.69, 9.17) is 16.0 Å². The van der Waals surface area contributed by atoms with Gasteiger partial charge in [-0.25, -0.2) is 0 Å². The molecule has 0 N–H and O–H groups in total. The number of furan rings is 1. The fourth-order valence-electron chi connectivity index (χ4n) is 3.26. The number of rotatable bonds is 6. The van der Waals surface area contributed by atoms with E-state index >= 15 is 0 Å². The van der Waals surface area contributed by atoms with E-state index in [2.05, 4.69) is 39.6 Å². The second-order valence-electron chi connectivity index (χ2n) is 6.83. The van der Waals surface area contributed by atoms with Crippen molar-refractivity contribution in [1.82, 2.24) is 19.8 Å². The zero-order chi connectivity index (χ0) is 22.2. The van der Waals surface area contributed by atoms with Crippen molar-refractivity contribution in [3.05, 3.63) is 81.1 Å². The van der Waals surface area contributed by atoms with Crippen LogP contribution in [0.25, 0.3) is 27.1 Å². The van der Waals surface area contributed by atoms with Gasteiger partial charge in [-0.3, -0.25) is 10.1 Å². The third kappa shape index (κ3) is 3.88. The van der Waals surface area contributed by atoms with Crippen molar-refractivity contribution in [3.8, 4) is 22.1 Å². The summed E-state index contributed by atoms with van der Waals surface area (Å²) in [5.74, 6) is 1.58. The number of nitro groups is 1. The van der Waals surface area contributed by atoms with Crippen molar-refractivity contribution >= 4 is 45.3 Å². The Bertz CT molecular complexity index is 1440. The van der Waals surface area contributed by atoms with Gasteiger partial charge in [0.05, 0.1) is 10.5 Å². The number of nitrogens with zero attached hydrogens (tertiary/aromatic N) is 5. The van der Waals surface area contributed by atoms with Gasteiger partial charge in [-0.05, 0) is 48.2 Å². The van der Waals surface area contributed by atoms with Gasteiger partial charge in [0.2, 0.25) is 4.96 Å². The SMILES string of the molecule is CSc1ccc(Cc2nnc3sc(-c4ccc(-c5ccc(Cl)cc5[N+](=O)[O-])o4)nn23)cc1. The van der Waals surface area contributed by atoms with E-state index in [0.717, 1.165) is 11.4 Å². The summed E-state index contributed by atoms with van der Waals surface area (Å²) in [6, 6.07) is 16.2. The molecule has 0 spiro atoms. The van der Waals surface area contributed by atoms with Crippen LogP contribution in [0.15, 0.2) is 63.9 Å². The van der Waals surface area contributed by atoms with Gasteiger partial charge in [0.15, 0.2) is 16.6 Å². The summed E-state index contributed by atoms with van der Waals surface area (Å²) in [5, 5.41) is 25.4. The van der Waals surface area contributed by atoms with E-state index in [9.17, 15) is 10.1 Å². The maximum absolute atomic E-state index is 11.4. The summed E-state index contributed by atoms with van der Waals surface area (Å²) in [6.45, 7) is 0. The fraction of sp³-hybridized carbons (Fsp3) is 0.0952. The van der Waals surface area contributed by atoms with Crippen molar-refractivity contribution < 1.29 is 9.34 Å². The Kier molecular flexibility index (Phi) is 5.41. The van der Waals surface area contributed by atoms with Crippen LogP contribution >= 0.6 is 34.7 Å². The van der Waals surface area contributed by atoms with E-state index in [1.165, 1.54) is 22.3 Å². The second-order valence-corrected chi connectivity index (χ2v) is 9.10. The van der Waals surface area contributed by atoms with Crippen molar-refractivity contribution in [2.24, 2.45) is 0 Å². The largest absolute Gasteiger partial charge is 0.453 e. The molecule has 32 heavy (non-hydrogen) atoms. The molecule has 5 rings (SSSR count). The molecule has 160 valence electrons. The minimum absolute atomic E-state index is 0.119. The number of thioether (sulfide) groups is 1. The van der Waals surface area contributed by atoms with Crippen LogP contribution in [0.1, 0.15) is 11.4 Å². The van der Waals surface area contributed by atoms with Crippen LogP contribution in [-0.2, 0) is 6.42 Å². The number of aromatic nitrogens is 4. The van der Waals surface area contributed by atoms with Crippen molar-refractivity contribution in [2.45, 2.75) is 11.3 Å². The summed E-state index contributed by atoms with van der Waals surface area (Å²) in [6.07, 6.45) is 2.64. The number of hydrogen-bond donors (Lipinski definition) is 0. The molecule has 0 saturated carbocycles. The molecule has 5 aromatic rings. The zero-order valence-electron chi connectivity index (χ0n) is 16.6. The molecule has 0 bridgehead atoms. The van der Waals surface area contributed by atoms with E-state index in [1.54, 1.807) is 40.5 Å². The van der Waals surface area contributed by atoms with Crippen LogP contribution in [0.3, 0.4) is 0 Å². The Morgan fingerprint density at radius 3 is 2.66 bits per heavy atom. The number of halogens is 1. The Labute approximate surface area is 195 Å². The lowest BCUT2D eigenvalue weighted by atomic mass is 10.1. The molecule has 0 radical (unpaired) electrons. The lowest BCUT2D eigenvalue weighted by Crippen LogP contribution is -1.97. The van der Waals surface area contributed by atoms with E-state index in [0.29, 0.717) is 33.5 Å². The van der Waals surface area contributed by atoms with Gasteiger partial charge in [0.1, 0.15) is 5.76 Å². The van der Waals surface area contributed by atoms with Crippen LogP contribution in [0, 0.1) is 10.1 Å². The molecule has 0 aliphatic heterocycles. The number of hydrogen-bond acceptors (Lipinski definition) is 8. The fourth-order valence-corrected chi connectivity index (χ4v) is 4.65. The molecular formula is C21H14ClN5O3S2. The van der Waals surface area contributed by atoms with Gasteiger partial charge in [-0.15, -0.1) is 27.1 Å². The third-order valence-electron chi connectivity index (χ3n) is 4.82. The highest BCUT2D eigenvalue weighted by Gasteiger charge is 2.21. The zero-order valence-corrected chi connectivity index (χ0v) is 18.9. The summed E-state index contributed by atoms with van der Waals surface area (Å²) < 4.78 is 7.61. The van der Waals surface area contributed by atoms with E-state index in [-0.39, 0.29) is 10.7 Å². The third-order valence-corrected chi connectivity index (χ3v) is 6.71. The van der Waals surface area contributed by atoms with Crippen molar-refractivity contribution in [3.63, 3.8) is 0 Å². The molecule has 0 unspecified atom stereocenters. The minimum Gasteiger partial charge on any atom is -0.453 e. The Morgan fingerprint density at radius 2 is 1.91 bits per heavy atom. The molecule has 3 heterocycles. The predicted molar refractivity (Wildman–Crippen MR) is 124 cm³/mol. The summed E-state index contributed by atoms with van der Waals surface area (Å²) in [4.78, 5) is 12.8. The first kappa shape index (κ1) is 20.7. The van der Waals surface area contributed by atoms with Crippen LogP contribution < -0.4 is 0 Å². The monoisotopic (exact) mass is 483 g/mol. The van der Waals surface area contributed by atoms with Gasteiger partial charge < -0.3 is 4.42 Å². The molecule has 0 amide bonds. The maximum Gasteiger partial charge on any atom is 0.281 e. The molecule has 0 atom stereocenters. The van der Waals surface area contributed by atoms with Crippen LogP contribution in [-0.4, -0.2) is 31.0 Å². The van der Waals surface area contributed by atoms with Gasteiger partial charge in [-0.2, -0.15) is 4.52 Å². The van der Waals surface area contributed by atoms with E-state index < -0.39 is 4.92 Å². The molecule has 2 aromatic carbocycles. The summed E-state index contributed by atoms with van der Waals surface area (Å²) >= 11 is 8.94. The maximum atomic E-state index is 11.4. The van der Waals surface area contributed by atoms with Crippen LogP contribution in [0.4, 0.5) is 5.69 Å². The van der Waals surface area contributed by atoms with Crippen LogP contribution in [0.5, 0.6) is 0 Å². The number of benzene rings is 2. The normalized spacial score (nSPS) is 11.3. The lowest BCUT2D eigenvalue weighted by molar-refractivity contribution is -0.384. The van der Waals surface area contributed by atoms with Gasteiger partial charge in [0, 0.05) is 22.4 Å². The number of nitro benzene ring substituents is 1. The van der Waals surface area contributed by atoms with Crippen molar-refractivity contribution in [1.29, 1.82) is 0 Å². The predicted octanol–water partition coefficient (Wildman–Crippen LogP) is 5.99. The molecule has 0 aliphatic carbocycles. The average Bonchev–Trinajstić information content (AvgIpc) is 3.51. The first-order chi connectivity index (χ1) is 15.5. The summed E-state index contributed by atoms with van der Waals surface area (Å²) in [5.41, 5.74) is 1.34. The molecular weight excluding hydrogens is 470 g/mol. The topological polar surface area (TPSA) is 99.4 Å². The second kappa shape index (κ2) is 8.38. The highest BCUT2D eigenvalue weighted by Crippen LogP contribution is 2.36. The Morgan fingerprint density at radius 1 is 1.12 bits per heavy atom. The molecule has 0 saturated heterocycles. The smallest absolute Gasteiger partial charge is 0.281 e. The first-order valence-corrected chi connectivity index (χ1v) is 11.8. The lowest BCUT2D eigenvalue weighted by Gasteiger charge is -2.00. The minimum atomic E-state index is -0.482.